The van der Waals surface area contributed by atoms with E-state index in [9.17, 15) is 9.59 Å². The largest absolute Gasteiger partial charge is 0.465 e. The molecule has 150 valence electrons. The van der Waals surface area contributed by atoms with Crippen LogP contribution < -0.4 is 10.2 Å². The SMILES string of the molecule is COC(=O)c1cccc(C#Cc2cccc(NC(=O)c3cccc(N(C)C)c3)c2)c1. The fourth-order valence-corrected chi connectivity index (χ4v) is 2.79. The number of nitrogens with one attached hydrogen (secondary N) is 1. The molecule has 0 bridgehead atoms. The van der Waals surface area contributed by atoms with Gasteiger partial charge in [-0.05, 0) is 54.6 Å². The fourth-order valence-electron chi connectivity index (χ4n) is 2.79. The van der Waals surface area contributed by atoms with Crippen LogP contribution in [-0.2, 0) is 4.74 Å². The summed E-state index contributed by atoms with van der Waals surface area (Å²) in [7, 11) is 5.21. The number of rotatable bonds is 4. The van der Waals surface area contributed by atoms with E-state index in [4.69, 9.17) is 4.74 Å². The molecule has 0 aromatic heterocycles. The standard InChI is InChI=1S/C25H22N2O3/c1-27(2)23-12-6-9-20(17-23)24(28)26-22-11-5-8-19(16-22)14-13-18-7-4-10-21(15-18)25(29)30-3/h4-12,15-17H,1-3H3,(H,26,28). The maximum Gasteiger partial charge on any atom is 0.337 e. The quantitative estimate of drug-likeness (QED) is 0.529. The summed E-state index contributed by atoms with van der Waals surface area (Å²) in [4.78, 5) is 26.2. The molecule has 3 rings (SSSR count). The van der Waals surface area contributed by atoms with Gasteiger partial charge in [0.2, 0.25) is 0 Å². The molecule has 1 amide bonds. The van der Waals surface area contributed by atoms with E-state index in [1.807, 2.05) is 67.5 Å². The Morgan fingerprint density at radius 3 is 2.17 bits per heavy atom. The first-order chi connectivity index (χ1) is 14.5. The lowest BCUT2D eigenvalue weighted by atomic mass is 10.1. The van der Waals surface area contributed by atoms with E-state index in [0.29, 0.717) is 22.4 Å². The van der Waals surface area contributed by atoms with Crippen LogP contribution in [0.5, 0.6) is 0 Å². The average molecular weight is 398 g/mol. The maximum atomic E-state index is 12.6. The molecular weight excluding hydrogens is 376 g/mol. The van der Waals surface area contributed by atoms with Crippen LogP contribution in [0.2, 0.25) is 0 Å². The molecule has 0 aliphatic heterocycles. The van der Waals surface area contributed by atoms with Gasteiger partial charge in [-0.25, -0.2) is 4.79 Å². The van der Waals surface area contributed by atoms with Gasteiger partial charge in [-0.15, -0.1) is 0 Å². The number of benzene rings is 3. The second-order valence-electron chi connectivity index (χ2n) is 6.80. The van der Waals surface area contributed by atoms with E-state index < -0.39 is 5.97 Å². The molecule has 0 spiro atoms. The zero-order chi connectivity index (χ0) is 21.5. The summed E-state index contributed by atoms with van der Waals surface area (Å²) in [5.41, 5.74) is 4.09. The van der Waals surface area contributed by atoms with Gasteiger partial charge in [0.1, 0.15) is 0 Å². The van der Waals surface area contributed by atoms with Crippen molar-refractivity contribution in [1.29, 1.82) is 0 Å². The fraction of sp³-hybridized carbons (Fsp3) is 0.120. The molecule has 1 N–H and O–H groups in total. The van der Waals surface area contributed by atoms with Gasteiger partial charge in [0.05, 0.1) is 12.7 Å². The first kappa shape index (κ1) is 20.7. The van der Waals surface area contributed by atoms with Crippen molar-refractivity contribution in [1.82, 2.24) is 0 Å². The molecule has 3 aromatic carbocycles. The highest BCUT2D eigenvalue weighted by molar-refractivity contribution is 6.04. The predicted molar refractivity (Wildman–Crippen MR) is 119 cm³/mol. The first-order valence-electron chi connectivity index (χ1n) is 9.35. The van der Waals surface area contributed by atoms with Crippen LogP contribution >= 0.6 is 0 Å². The number of nitrogens with zero attached hydrogens (tertiary/aromatic N) is 1. The second-order valence-corrected chi connectivity index (χ2v) is 6.80. The predicted octanol–water partition coefficient (Wildman–Crippen LogP) is 4.19. The second kappa shape index (κ2) is 9.44. The number of amides is 1. The molecule has 0 radical (unpaired) electrons. The van der Waals surface area contributed by atoms with E-state index in [1.54, 1.807) is 24.3 Å². The number of carbonyl (C=O) groups excluding carboxylic acids is 2. The van der Waals surface area contributed by atoms with Gasteiger partial charge in [0.15, 0.2) is 0 Å². The van der Waals surface area contributed by atoms with Crippen molar-refractivity contribution < 1.29 is 14.3 Å². The lowest BCUT2D eigenvalue weighted by Crippen LogP contribution is -2.14. The Hall–Kier alpha value is -4.04. The van der Waals surface area contributed by atoms with Crippen molar-refractivity contribution in [2.75, 3.05) is 31.4 Å². The molecule has 5 nitrogen and oxygen atoms in total. The van der Waals surface area contributed by atoms with E-state index in [2.05, 4.69) is 17.2 Å². The summed E-state index contributed by atoms with van der Waals surface area (Å²) in [6.45, 7) is 0. The van der Waals surface area contributed by atoms with Crippen molar-refractivity contribution in [3.05, 3.63) is 95.1 Å². The lowest BCUT2D eigenvalue weighted by Gasteiger charge is -2.13. The number of hydrogen-bond donors (Lipinski definition) is 1. The number of esters is 1. The summed E-state index contributed by atoms with van der Waals surface area (Å²) < 4.78 is 4.73. The topological polar surface area (TPSA) is 58.6 Å². The Kier molecular flexibility index (Phi) is 6.51. The van der Waals surface area contributed by atoms with Crippen LogP contribution in [0, 0.1) is 11.8 Å². The molecule has 0 fully saturated rings. The van der Waals surface area contributed by atoms with Gasteiger partial charge >= 0.3 is 5.97 Å². The zero-order valence-electron chi connectivity index (χ0n) is 17.1. The van der Waals surface area contributed by atoms with Crippen molar-refractivity contribution in [3.8, 4) is 11.8 Å². The Balaban J connectivity index is 1.76. The van der Waals surface area contributed by atoms with Gasteiger partial charge in [-0.3, -0.25) is 4.79 Å². The van der Waals surface area contributed by atoms with E-state index in [1.165, 1.54) is 7.11 Å². The molecule has 30 heavy (non-hydrogen) atoms. The third kappa shape index (κ3) is 5.27. The van der Waals surface area contributed by atoms with Crippen molar-refractivity contribution in [2.24, 2.45) is 0 Å². The Morgan fingerprint density at radius 2 is 1.47 bits per heavy atom. The highest BCUT2D eigenvalue weighted by Crippen LogP contribution is 2.16. The van der Waals surface area contributed by atoms with Crippen LogP contribution in [-0.4, -0.2) is 33.1 Å². The van der Waals surface area contributed by atoms with Gasteiger partial charge < -0.3 is 15.0 Å². The third-order valence-electron chi connectivity index (χ3n) is 4.38. The molecule has 0 saturated heterocycles. The summed E-state index contributed by atoms with van der Waals surface area (Å²) in [5, 5.41) is 2.91. The van der Waals surface area contributed by atoms with Gasteiger partial charge in [-0.2, -0.15) is 0 Å². The van der Waals surface area contributed by atoms with Gasteiger partial charge in [0, 0.05) is 42.2 Å². The normalized spacial score (nSPS) is 9.83. The minimum atomic E-state index is -0.401. The van der Waals surface area contributed by atoms with Gasteiger partial charge in [-0.1, -0.05) is 30.0 Å². The zero-order valence-corrected chi connectivity index (χ0v) is 17.1. The van der Waals surface area contributed by atoms with Crippen LogP contribution in [0.3, 0.4) is 0 Å². The molecule has 0 heterocycles. The molecule has 0 saturated carbocycles. The third-order valence-corrected chi connectivity index (χ3v) is 4.38. The number of ether oxygens (including phenoxy) is 1. The van der Waals surface area contributed by atoms with Crippen LogP contribution in [0.1, 0.15) is 31.8 Å². The number of anilines is 2. The maximum absolute atomic E-state index is 12.6. The number of carbonyl (C=O) groups is 2. The van der Waals surface area contributed by atoms with E-state index in [-0.39, 0.29) is 5.91 Å². The van der Waals surface area contributed by atoms with Crippen molar-refractivity contribution >= 4 is 23.3 Å². The average Bonchev–Trinajstić information content (AvgIpc) is 2.77. The summed E-state index contributed by atoms with van der Waals surface area (Å²) in [5.74, 6) is 5.51. The highest BCUT2D eigenvalue weighted by Gasteiger charge is 2.08. The lowest BCUT2D eigenvalue weighted by molar-refractivity contribution is 0.0600. The molecule has 3 aromatic rings. The molecule has 0 atom stereocenters. The monoisotopic (exact) mass is 398 g/mol. The minimum absolute atomic E-state index is 0.186. The van der Waals surface area contributed by atoms with Crippen LogP contribution in [0.15, 0.2) is 72.8 Å². The molecule has 5 heteroatoms. The highest BCUT2D eigenvalue weighted by atomic mass is 16.5. The van der Waals surface area contributed by atoms with Crippen molar-refractivity contribution in [2.45, 2.75) is 0 Å². The summed E-state index contributed by atoms with van der Waals surface area (Å²) in [6.07, 6.45) is 0. The number of methoxy groups -OCH3 is 1. The first-order valence-corrected chi connectivity index (χ1v) is 9.35. The Labute approximate surface area is 176 Å². The minimum Gasteiger partial charge on any atom is -0.465 e. The summed E-state index contributed by atoms with van der Waals surface area (Å²) >= 11 is 0. The Morgan fingerprint density at radius 1 is 0.833 bits per heavy atom. The molecule has 0 unspecified atom stereocenters. The van der Waals surface area contributed by atoms with E-state index in [0.717, 1.165) is 11.3 Å². The van der Waals surface area contributed by atoms with Crippen LogP contribution in [0.25, 0.3) is 0 Å². The molecule has 0 aliphatic rings. The van der Waals surface area contributed by atoms with Crippen molar-refractivity contribution in [3.63, 3.8) is 0 Å². The molecule has 0 aliphatic carbocycles. The van der Waals surface area contributed by atoms with E-state index >= 15 is 0 Å². The summed E-state index contributed by atoms with van der Waals surface area (Å²) in [6, 6.07) is 21.7. The number of hydrogen-bond acceptors (Lipinski definition) is 4. The Bertz CT molecular complexity index is 1140. The van der Waals surface area contributed by atoms with Crippen LogP contribution in [0.4, 0.5) is 11.4 Å². The van der Waals surface area contributed by atoms with Gasteiger partial charge in [0.25, 0.3) is 5.91 Å². The molecular formula is C25H22N2O3. The smallest absolute Gasteiger partial charge is 0.337 e.